The van der Waals surface area contributed by atoms with Crippen molar-refractivity contribution < 1.29 is 19.3 Å². The molecule has 0 spiro atoms. The van der Waals surface area contributed by atoms with E-state index in [4.69, 9.17) is 26.9 Å². The van der Waals surface area contributed by atoms with E-state index in [1.54, 1.807) is 42.5 Å². The number of nitrogens with zero attached hydrogens (tertiary/aromatic N) is 2. The first-order chi connectivity index (χ1) is 14.4. The molecule has 0 saturated heterocycles. The topological polar surface area (TPSA) is 117 Å². The number of nitrogens with two attached hydrogens (primary N) is 1. The Labute approximate surface area is 176 Å². The number of carbonyl (C=O) groups is 1. The second-order valence-corrected chi connectivity index (χ2v) is 6.49. The Bertz CT molecular complexity index is 1100. The zero-order valence-electron chi connectivity index (χ0n) is 15.5. The third-order valence-corrected chi connectivity index (χ3v) is 4.31. The average molecular weight is 426 g/mol. The van der Waals surface area contributed by atoms with Gasteiger partial charge in [0, 0.05) is 17.7 Å². The van der Waals surface area contributed by atoms with E-state index in [9.17, 15) is 14.9 Å². The molecule has 30 heavy (non-hydrogen) atoms. The molecule has 0 atom stereocenters. The minimum Gasteiger partial charge on any atom is -0.487 e. The van der Waals surface area contributed by atoms with Crippen LogP contribution in [0.15, 0.2) is 78.0 Å². The number of hydrogen-bond acceptors (Lipinski definition) is 6. The van der Waals surface area contributed by atoms with Crippen molar-refractivity contribution >= 4 is 29.1 Å². The maximum absolute atomic E-state index is 12.3. The van der Waals surface area contributed by atoms with E-state index in [2.05, 4.69) is 5.16 Å². The Hall–Kier alpha value is -3.91. The first-order valence-corrected chi connectivity index (χ1v) is 9.08. The monoisotopic (exact) mass is 425 g/mol. The summed E-state index contributed by atoms with van der Waals surface area (Å²) in [5.41, 5.74) is 7.07. The fourth-order valence-electron chi connectivity index (χ4n) is 2.46. The van der Waals surface area contributed by atoms with Crippen LogP contribution in [0.25, 0.3) is 0 Å². The molecular weight excluding hydrogens is 410 g/mol. The molecule has 3 aromatic carbocycles. The molecule has 0 bridgehead atoms. The van der Waals surface area contributed by atoms with Crippen molar-refractivity contribution in [1.29, 1.82) is 0 Å². The van der Waals surface area contributed by atoms with Gasteiger partial charge in [0.25, 0.3) is 5.69 Å². The summed E-state index contributed by atoms with van der Waals surface area (Å²) in [6.07, 6.45) is 0. The van der Waals surface area contributed by atoms with Gasteiger partial charge in [-0.15, -0.1) is 0 Å². The van der Waals surface area contributed by atoms with Crippen molar-refractivity contribution in [1.82, 2.24) is 0 Å². The summed E-state index contributed by atoms with van der Waals surface area (Å²) in [4.78, 5) is 27.3. The second-order valence-electron chi connectivity index (χ2n) is 6.08. The lowest BCUT2D eigenvalue weighted by Crippen LogP contribution is -2.15. The zero-order valence-corrected chi connectivity index (χ0v) is 16.3. The molecule has 9 heteroatoms. The third-order valence-electron chi connectivity index (χ3n) is 3.99. The van der Waals surface area contributed by atoms with Gasteiger partial charge in [0.05, 0.1) is 15.5 Å². The molecule has 2 N–H and O–H groups in total. The summed E-state index contributed by atoms with van der Waals surface area (Å²) in [6.45, 7) is 0.207. The average Bonchev–Trinajstić information content (AvgIpc) is 2.77. The number of non-ortho nitro benzene ring substituents is 1. The van der Waals surface area contributed by atoms with Gasteiger partial charge in [-0.25, -0.2) is 4.79 Å². The number of rotatable bonds is 7. The quantitative estimate of drug-likeness (QED) is 0.198. The van der Waals surface area contributed by atoms with Crippen molar-refractivity contribution in [3.63, 3.8) is 0 Å². The van der Waals surface area contributed by atoms with E-state index in [0.29, 0.717) is 16.3 Å². The smallest absolute Gasteiger partial charge is 0.365 e. The standard InChI is InChI=1S/C21H16ClN3O5/c22-18-6-1-2-7-19(18)29-13-14-4-3-5-16(12-14)21(26)30-24-20(23)15-8-10-17(11-9-15)25(27)28/h1-12H,13H2,(H2,23,24). The highest BCUT2D eigenvalue weighted by atomic mass is 35.5. The summed E-state index contributed by atoms with van der Waals surface area (Å²) < 4.78 is 5.66. The number of nitro groups is 1. The number of nitro benzene ring substituents is 1. The fraction of sp³-hybridized carbons (Fsp3) is 0.0476. The van der Waals surface area contributed by atoms with Crippen LogP contribution in [0.4, 0.5) is 5.69 Å². The Morgan fingerprint density at radius 2 is 1.77 bits per heavy atom. The predicted octanol–water partition coefficient (Wildman–Crippen LogP) is 4.30. The van der Waals surface area contributed by atoms with E-state index in [0.717, 1.165) is 5.56 Å². The zero-order chi connectivity index (χ0) is 21.5. The Morgan fingerprint density at radius 1 is 1.03 bits per heavy atom. The highest BCUT2D eigenvalue weighted by molar-refractivity contribution is 6.32. The Morgan fingerprint density at radius 3 is 2.47 bits per heavy atom. The SMILES string of the molecule is N/C(=N\OC(=O)c1cccc(COc2ccccc2Cl)c1)c1ccc([N+](=O)[O-])cc1. The summed E-state index contributed by atoms with van der Waals surface area (Å²) in [5, 5.41) is 14.8. The van der Waals surface area contributed by atoms with E-state index in [1.807, 2.05) is 6.07 Å². The molecule has 152 valence electrons. The first kappa shape index (κ1) is 20.8. The number of oxime groups is 1. The molecule has 0 aliphatic heterocycles. The van der Waals surface area contributed by atoms with Gasteiger partial charge in [0.2, 0.25) is 0 Å². The van der Waals surface area contributed by atoms with Crippen molar-refractivity contribution in [3.05, 3.63) is 105 Å². The number of ether oxygens (including phenoxy) is 1. The van der Waals surface area contributed by atoms with Gasteiger partial charge in [-0.2, -0.15) is 0 Å². The van der Waals surface area contributed by atoms with Crippen LogP contribution in [0.1, 0.15) is 21.5 Å². The van der Waals surface area contributed by atoms with Crippen LogP contribution in [0.5, 0.6) is 5.75 Å². The van der Waals surface area contributed by atoms with E-state index in [1.165, 1.54) is 24.3 Å². The molecule has 0 amide bonds. The third kappa shape index (κ3) is 5.33. The van der Waals surface area contributed by atoms with Crippen molar-refractivity contribution in [3.8, 4) is 5.75 Å². The number of halogens is 1. The van der Waals surface area contributed by atoms with Crippen LogP contribution in [-0.2, 0) is 11.4 Å². The van der Waals surface area contributed by atoms with Crippen LogP contribution < -0.4 is 10.5 Å². The van der Waals surface area contributed by atoms with Crippen LogP contribution >= 0.6 is 11.6 Å². The molecule has 0 aliphatic carbocycles. The van der Waals surface area contributed by atoms with Gasteiger partial charge in [0.15, 0.2) is 5.84 Å². The molecule has 0 unspecified atom stereocenters. The summed E-state index contributed by atoms with van der Waals surface area (Å²) in [7, 11) is 0. The maximum Gasteiger partial charge on any atom is 0.365 e. The summed E-state index contributed by atoms with van der Waals surface area (Å²) in [6, 6.07) is 19.1. The highest BCUT2D eigenvalue weighted by Gasteiger charge is 2.11. The van der Waals surface area contributed by atoms with Crippen LogP contribution in [-0.4, -0.2) is 16.7 Å². The molecule has 0 aromatic heterocycles. The second kappa shape index (κ2) is 9.53. The van der Waals surface area contributed by atoms with Crippen molar-refractivity contribution in [2.75, 3.05) is 0 Å². The van der Waals surface area contributed by atoms with Gasteiger partial charge >= 0.3 is 5.97 Å². The molecule has 3 rings (SSSR count). The lowest BCUT2D eigenvalue weighted by Gasteiger charge is -2.08. The van der Waals surface area contributed by atoms with Crippen molar-refractivity contribution in [2.45, 2.75) is 6.61 Å². The number of benzene rings is 3. The van der Waals surface area contributed by atoms with Gasteiger partial charge in [-0.3, -0.25) is 10.1 Å². The lowest BCUT2D eigenvalue weighted by atomic mass is 10.1. The van der Waals surface area contributed by atoms with Gasteiger partial charge in [-0.05, 0) is 42.0 Å². The van der Waals surface area contributed by atoms with Gasteiger partial charge in [0.1, 0.15) is 12.4 Å². The van der Waals surface area contributed by atoms with Crippen LogP contribution in [0.2, 0.25) is 5.02 Å². The molecule has 0 radical (unpaired) electrons. The molecule has 0 fully saturated rings. The van der Waals surface area contributed by atoms with Crippen LogP contribution in [0, 0.1) is 10.1 Å². The molecule has 0 heterocycles. The predicted molar refractivity (Wildman–Crippen MR) is 111 cm³/mol. The van der Waals surface area contributed by atoms with E-state index in [-0.39, 0.29) is 23.7 Å². The van der Waals surface area contributed by atoms with Crippen molar-refractivity contribution in [2.24, 2.45) is 10.9 Å². The number of carbonyl (C=O) groups excluding carboxylic acids is 1. The van der Waals surface area contributed by atoms with Gasteiger partial charge in [-0.1, -0.05) is 41.0 Å². The fourth-order valence-corrected chi connectivity index (χ4v) is 2.65. The minimum absolute atomic E-state index is 0.0839. The maximum atomic E-state index is 12.3. The molecule has 0 aliphatic rings. The Kier molecular flexibility index (Phi) is 6.61. The van der Waals surface area contributed by atoms with Gasteiger partial charge < -0.3 is 15.3 Å². The minimum atomic E-state index is -0.709. The van der Waals surface area contributed by atoms with Crippen LogP contribution in [0.3, 0.4) is 0 Å². The molecule has 8 nitrogen and oxygen atoms in total. The lowest BCUT2D eigenvalue weighted by molar-refractivity contribution is -0.384. The normalized spacial score (nSPS) is 11.0. The largest absolute Gasteiger partial charge is 0.487 e. The molecule has 0 saturated carbocycles. The Balaban J connectivity index is 1.63. The number of hydrogen-bond donors (Lipinski definition) is 1. The van der Waals surface area contributed by atoms with E-state index >= 15 is 0 Å². The summed E-state index contributed by atoms with van der Waals surface area (Å²) in [5.74, 6) is -0.261. The number of para-hydroxylation sites is 1. The van der Waals surface area contributed by atoms with E-state index < -0.39 is 10.9 Å². The molecule has 3 aromatic rings. The number of amidine groups is 1. The first-order valence-electron chi connectivity index (χ1n) is 8.70. The highest BCUT2D eigenvalue weighted by Crippen LogP contribution is 2.24. The summed E-state index contributed by atoms with van der Waals surface area (Å²) >= 11 is 6.06. The molecular formula is C21H16ClN3O5.